The van der Waals surface area contributed by atoms with Gasteiger partial charge in [-0.05, 0) is 36.4 Å². The fraction of sp³-hybridized carbons (Fsp3) is 0.200. The van der Waals surface area contributed by atoms with Crippen LogP contribution in [0, 0.1) is 11.6 Å². The number of carbonyl (C=O) groups is 2. The Balaban J connectivity index is 1.47. The van der Waals surface area contributed by atoms with Gasteiger partial charge in [0.1, 0.15) is 17.5 Å². The zero-order valence-electron chi connectivity index (χ0n) is 16.1. The van der Waals surface area contributed by atoms with Gasteiger partial charge in [0, 0.05) is 25.7 Å². The maximum absolute atomic E-state index is 13.6. The molecule has 1 aromatic heterocycles. The van der Waals surface area contributed by atoms with Gasteiger partial charge in [0.2, 0.25) is 5.91 Å². The van der Waals surface area contributed by atoms with E-state index in [0.717, 1.165) is 0 Å². The van der Waals surface area contributed by atoms with Gasteiger partial charge in [-0.2, -0.15) is 0 Å². The van der Waals surface area contributed by atoms with Crippen LogP contribution in [-0.4, -0.2) is 38.9 Å². The molecule has 1 heterocycles. The van der Waals surface area contributed by atoms with Crippen molar-refractivity contribution < 1.29 is 18.4 Å². The topological polar surface area (TPSA) is 88.9 Å². The second-order valence-corrected chi connectivity index (χ2v) is 7.23. The van der Waals surface area contributed by atoms with E-state index in [-0.39, 0.29) is 29.6 Å². The summed E-state index contributed by atoms with van der Waals surface area (Å²) in [6.07, 6.45) is 0.395. The van der Waals surface area contributed by atoms with Crippen molar-refractivity contribution in [2.45, 2.75) is 11.6 Å². The van der Waals surface area contributed by atoms with Crippen molar-refractivity contribution in [3.63, 3.8) is 0 Å². The van der Waals surface area contributed by atoms with Crippen molar-refractivity contribution in [2.24, 2.45) is 7.05 Å². The van der Waals surface area contributed by atoms with Gasteiger partial charge in [-0.3, -0.25) is 9.59 Å². The molecule has 30 heavy (non-hydrogen) atoms. The molecular weight excluding hydrogens is 412 g/mol. The molecule has 0 aliphatic heterocycles. The van der Waals surface area contributed by atoms with Crippen LogP contribution in [0.4, 0.5) is 14.5 Å². The Hall–Kier alpha value is -3.27. The van der Waals surface area contributed by atoms with Crippen molar-refractivity contribution in [3.8, 4) is 0 Å². The van der Waals surface area contributed by atoms with Gasteiger partial charge in [0.05, 0.1) is 11.3 Å². The van der Waals surface area contributed by atoms with Crippen LogP contribution in [-0.2, 0) is 18.3 Å². The van der Waals surface area contributed by atoms with E-state index in [0.29, 0.717) is 23.1 Å². The van der Waals surface area contributed by atoms with Crippen molar-refractivity contribution in [1.29, 1.82) is 0 Å². The molecule has 10 heteroatoms. The highest BCUT2D eigenvalue weighted by molar-refractivity contribution is 7.99. The Morgan fingerprint density at radius 1 is 1.07 bits per heavy atom. The third kappa shape index (κ3) is 5.63. The first-order valence-corrected chi connectivity index (χ1v) is 10.0. The summed E-state index contributed by atoms with van der Waals surface area (Å²) in [5.74, 6) is -0.987. The van der Waals surface area contributed by atoms with Crippen LogP contribution in [0.25, 0.3) is 0 Å². The quantitative estimate of drug-likeness (QED) is 0.536. The summed E-state index contributed by atoms with van der Waals surface area (Å²) in [5, 5.41) is 14.0. The minimum Gasteiger partial charge on any atom is -0.351 e. The average Bonchev–Trinajstić information content (AvgIpc) is 3.08. The average molecular weight is 431 g/mol. The third-order valence-electron chi connectivity index (χ3n) is 4.14. The maximum Gasteiger partial charge on any atom is 0.254 e. The number of amides is 2. The van der Waals surface area contributed by atoms with Gasteiger partial charge in [-0.15, -0.1) is 10.2 Å². The van der Waals surface area contributed by atoms with E-state index in [1.165, 1.54) is 54.2 Å². The minimum absolute atomic E-state index is 0.0149. The summed E-state index contributed by atoms with van der Waals surface area (Å²) in [6.45, 7) is 0.259. The Kier molecular flexibility index (Phi) is 7.12. The second kappa shape index (κ2) is 9.97. The van der Waals surface area contributed by atoms with Gasteiger partial charge in [0.15, 0.2) is 5.16 Å². The summed E-state index contributed by atoms with van der Waals surface area (Å²) in [4.78, 5) is 24.1. The lowest BCUT2D eigenvalue weighted by molar-refractivity contribution is -0.113. The maximum atomic E-state index is 13.6. The number of aromatic nitrogens is 3. The molecule has 3 rings (SSSR count). The molecule has 0 saturated heterocycles. The first-order chi connectivity index (χ1) is 14.4. The zero-order valence-corrected chi connectivity index (χ0v) is 16.9. The van der Waals surface area contributed by atoms with Crippen LogP contribution in [0.1, 0.15) is 16.2 Å². The number of thioether (sulfide) groups is 1. The number of anilines is 1. The number of benzene rings is 2. The molecule has 2 N–H and O–H groups in total. The van der Waals surface area contributed by atoms with Gasteiger partial charge in [-0.1, -0.05) is 23.9 Å². The summed E-state index contributed by atoms with van der Waals surface area (Å²) in [6, 6.07) is 11.3. The molecule has 0 saturated carbocycles. The van der Waals surface area contributed by atoms with E-state index in [1.54, 1.807) is 17.7 Å². The fourth-order valence-corrected chi connectivity index (χ4v) is 3.31. The Bertz CT molecular complexity index is 1040. The largest absolute Gasteiger partial charge is 0.351 e. The molecule has 0 aliphatic carbocycles. The van der Waals surface area contributed by atoms with Crippen molar-refractivity contribution in [1.82, 2.24) is 20.1 Å². The molecule has 0 fully saturated rings. The Labute approximate surface area is 175 Å². The van der Waals surface area contributed by atoms with E-state index in [1.807, 2.05) is 0 Å². The molecule has 2 amide bonds. The number of carbonyl (C=O) groups excluding carboxylic acids is 2. The number of hydrogen-bond acceptors (Lipinski definition) is 5. The predicted molar refractivity (Wildman–Crippen MR) is 109 cm³/mol. The van der Waals surface area contributed by atoms with Crippen molar-refractivity contribution in [3.05, 3.63) is 71.6 Å². The van der Waals surface area contributed by atoms with Crippen LogP contribution in [0.3, 0.4) is 0 Å². The first kappa shape index (κ1) is 21.4. The van der Waals surface area contributed by atoms with Crippen molar-refractivity contribution in [2.75, 3.05) is 17.6 Å². The number of halogens is 2. The number of rotatable bonds is 8. The van der Waals surface area contributed by atoms with Gasteiger partial charge < -0.3 is 15.2 Å². The predicted octanol–water partition coefficient (Wildman–Crippen LogP) is 2.80. The fourth-order valence-electron chi connectivity index (χ4n) is 2.58. The number of nitrogens with zero attached hydrogens (tertiary/aromatic N) is 3. The van der Waals surface area contributed by atoms with Crippen LogP contribution >= 0.6 is 11.8 Å². The van der Waals surface area contributed by atoms with E-state index in [4.69, 9.17) is 0 Å². The second-order valence-electron chi connectivity index (χ2n) is 6.29. The summed E-state index contributed by atoms with van der Waals surface area (Å²) >= 11 is 1.20. The minimum atomic E-state index is -0.578. The summed E-state index contributed by atoms with van der Waals surface area (Å²) in [7, 11) is 1.76. The molecule has 0 spiro atoms. The molecule has 0 bridgehead atoms. The molecule has 2 aromatic carbocycles. The normalized spacial score (nSPS) is 10.6. The van der Waals surface area contributed by atoms with Gasteiger partial charge in [-0.25, -0.2) is 8.78 Å². The van der Waals surface area contributed by atoms with E-state index in [2.05, 4.69) is 20.8 Å². The monoisotopic (exact) mass is 431 g/mol. The van der Waals surface area contributed by atoms with Crippen molar-refractivity contribution >= 4 is 29.3 Å². The lowest BCUT2D eigenvalue weighted by Gasteiger charge is -2.07. The third-order valence-corrected chi connectivity index (χ3v) is 5.16. The highest BCUT2D eigenvalue weighted by Crippen LogP contribution is 2.17. The Morgan fingerprint density at radius 3 is 2.53 bits per heavy atom. The SMILES string of the molecule is Cn1c(CCNC(=O)c2ccccc2F)nnc1SCC(=O)Nc1ccc(F)cc1. The van der Waals surface area contributed by atoms with E-state index < -0.39 is 11.7 Å². The van der Waals surface area contributed by atoms with E-state index >= 15 is 0 Å². The Morgan fingerprint density at radius 2 is 1.80 bits per heavy atom. The molecular formula is C20H19F2N5O2S. The van der Waals surface area contributed by atoms with E-state index in [9.17, 15) is 18.4 Å². The first-order valence-electron chi connectivity index (χ1n) is 9.03. The molecule has 156 valence electrons. The van der Waals surface area contributed by atoms with Gasteiger partial charge >= 0.3 is 0 Å². The standard InChI is InChI=1S/C20H19F2N5O2S/c1-27-17(10-11-23-19(29)15-4-2-3-5-16(15)22)25-26-20(27)30-12-18(28)24-14-8-6-13(21)7-9-14/h2-9H,10-12H2,1H3,(H,23,29)(H,24,28). The zero-order chi connectivity index (χ0) is 21.5. The highest BCUT2D eigenvalue weighted by Gasteiger charge is 2.13. The molecule has 0 atom stereocenters. The summed E-state index contributed by atoms with van der Waals surface area (Å²) in [5.41, 5.74) is 0.491. The number of hydrogen-bond donors (Lipinski definition) is 2. The number of nitrogens with one attached hydrogen (secondary N) is 2. The van der Waals surface area contributed by atoms with Crippen LogP contribution < -0.4 is 10.6 Å². The smallest absolute Gasteiger partial charge is 0.254 e. The molecule has 0 unspecified atom stereocenters. The van der Waals surface area contributed by atoms with Crippen LogP contribution in [0.15, 0.2) is 53.7 Å². The lowest BCUT2D eigenvalue weighted by Crippen LogP contribution is -2.27. The summed E-state index contributed by atoms with van der Waals surface area (Å²) < 4.78 is 28.3. The molecule has 0 aliphatic rings. The molecule has 3 aromatic rings. The molecule has 7 nitrogen and oxygen atoms in total. The lowest BCUT2D eigenvalue weighted by atomic mass is 10.2. The molecule has 0 radical (unpaired) electrons. The van der Waals surface area contributed by atoms with Crippen LogP contribution in [0.2, 0.25) is 0 Å². The van der Waals surface area contributed by atoms with Gasteiger partial charge in [0.25, 0.3) is 5.91 Å². The highest BCUT2D eigenvalue weighted by atomic mass is 32.2. The van der Waals surface area contributed by atoms with Crippen LogP contribution in [0.5, 0.6) is 0 Å².